The second kappa shape index (κ2) is 9.40. The number of benzene rings is 1. The van der Waals surface area contributed by atoms with Crippen molar-refractivity contribution in [2.24, 2.45) is 0 Å². The largest absolute Gasteiger partial charge is 0.497 e. The Bertz CT molecular complexity index is 1260. The van der Waals surface area contributed by atoms with Crippen molar-refractivity contribution in [3.05, 3.63) is 60.0 Å². The molecule has 3 heterocycles. The quantitative estimate of drug-likeness (QED) is 0.543. The van der Waals surface area contributed by atoms with Crippen molar-refractivity contribution >= 4 is 27.5 Å². The monoisotopic (exact) mass is 471 g/mol. The average Bonchev–Trinajstić information content (AvgIpc) is 3.46. The van der Waals surface area contributed by atoms with Crippen LogP contribution in [-0.4, -0.2) is 55.3 Å². The number of anilines is 1. The molecule has 1 aliphatic rings. The maximum absolute atomic E-state index is 12.8. The first kappa shape index (κ1) is 23.1. The maximum Gasteiger partial charge on any atom is 0.303 e. The minimum atomic E-state index is -3.92. The van der Waals surface area contributed by atoms with E-state index < -0.39 is 16.1 Å². The van der Waals surface area contributed by atoms with Gasteiger partial charge in [-0.25, -0.2) is 9.71 Å². The van der Waals surface area contributed by atoms with Gasteiger partial charge in [-0.15, -0.1) is 0 Å². The number of carbonyl (C=O) groups is 1. The van der Waals surface area contributed by atoms with Gasteiger partial charge in [-0.3, -0.25) is 9.20 Å². The normalized spacial score (nSPS) is 16.5. The van der Waals surface area contributed by atoms with Crippen LogP contribution in [0.5, 0.6) is 5.75 Å². The van der Waals surface area contributed by atoms with Crippen LogP contribution in [0.2, 0.25) is 0 Å². The number of ether oxygens (including phenoxy) is 1. The van der Waals surface area contributed by atoms with E-state index in [-0.39, 0.29) is 11.7 Å². The molecule has 1 aromatic carbocycles. The van der Waals surface area contributed by atoms with E-state index in [4.69, 9.17) is 4.74 Å². The number of amides is 1. The summed E-state index contributed by atoms with van der Waals surface area (Å²) in [7, 11) is -0.823. The van der Waals surface area contributed by atoms with Gasteiger partial charge in [0.05, 0.1) is 25.0 Å². The number of imidazole rings is 1. The predicted molar refractivity (Wildman–Crippen MR) is 127 cm³/mol. The lowest BCUT2D eigenvalue weighted by Crippen LogP contribution is -2.42. The second-order valence-corrected chi connectivity index (χ2v) is 9.92. The molecule has 1 aliphatic heterocycles. The summed E-state index contributed by atoms with van der Waals surface area (Å²) in [5.74, 6) is 0.103. The number of hydrogen-bond donors (Lipinski definition) is 1. The van der Waals surface area contributed by atoms with E-state index in [0.29, 0.717) is 18.6 Å². The third kappa shape index (κ3) is 4.67. The number of hydrogen-bond acceptors (Lipinski definition) is 6. The Morgan fingerprint density at radius 2 is 2.12 bits per heavy atom. The summed E-state index contributed by atoms with van der Waals surface area (Å²) in [6.07, 6.45) is 5.93. The van der Waals surface area contributed by atoms with Crippen molar-refractivity contribution in [2.45, 2.75) is 32.2 Å². The summed E-state index contributed by atoms with van der Waals surface area (Å²) in [6, 6.07) is 12.1. The predicted octanol–water partition coefficient (Wildman–Crippen LogP) is 3.00. The SMILES string of the molecule is CCCN(C)S(=O)(=O)NC(=O)c1cnc2ccc(N3CCC[C@@H]3c3cccc(OC)c3)cn12. The molecule has 4 rings (SSSR count). The molecule has 176 valence electrons. The smallest absolute Gasteiger partial charge is 0.303 e. The third-order valence-electron chi connectivity index (χ3n) is 5.96. The lowest BCUT2D eigenvalue weighted by atomic mass is 10.0. The zero-order valence-electron chi connectivity index (χ0n) is 19.1. The van der Waals surface area contributed by atoms with E-state index in [1.54, 1.807) is 11.5 Å². The molecule has 1 N–H and O–H groups in total. The van der Waals surface area contributed by atoms with E-state index in [0.717, 1.165) is 35.1 Å². The molecule has 0 unspecified atom stereocenters. The maximum atomic E-state index is 12.8. The van der Waals surface area contributed by atoms with Crippen molar-refractivity contribution in [3.63, 3.8) is 0 Å². The van der Waals surface area contributed by atoms with E-state index in [9.17, 15) is 13.2 Å². The lowest BCUT2D eigenvalue weighted by molar-refractivity contribution is 0.0973. The van der Waals surface area contributed by atoms with Gasteiger partial charge in [0, 0.05) is 26.3 Å². The van der Waals surface area contributed by atoms with Crippen LogP contribution in [-0.2, 0) is 10.2 Å². The first-order valence-electron chi connectivity index (χ1n) is 11.0. The van der Waals surface area contributed by atoms with Crippen LogP contribution in [0.3, 0.4) is 0 Å². The van der Waals surface area contributed by atoms with Crippen LogP contribution in [0.4, 0.5) is 5.69 Å². The molecule has 9 nitrogen and oxygen atoms in total. The van der Waals surface area contributed by atoms with Gasteiger partial charge in [-0.2, -0.15) is 12.7 Å². The second-order valence-electron chi connectivity index (χ2n) is 8.14. The molecular formula is C23H29N5O4S. The Morgan fingerprint density at radius 1 is 1.30 bits per heavy atom. The first-order valence-corrected chi connectivity index (χ1v) is 12.4. The number of methoxy groups -OCH3 is 1. The number of fused-ring (bicyclic) bond motifs is 1. The Kier molecular flexibility index (Phi) is 6.57. The summed E-state index contributed by atoms with van der Waals surface area (Å²) in [5, 5.41) is 0. The molecule has 3 aromatic rings. The molecule has 0 saturated carbocycles. The minimum absolute atomic E-state index is 0.164. The van der Waals surface area contributed by atoms with Crippen LogP contribution >= 0.6 is 0 Å². The standard InChI is InChI=1S/C23H29N5O4S/c1-4-12-26(2)33(30,31)25-23(29)21-15-24-22-11-10-18(16-28(21)22)27-13-6-9-20(27)17-7-5-8-19(14-17)32-3/h5,7-8,10-11,14-16,20H,4,6,9,12-13H2,1-3H3,(H,25,29)/t20-/m1/s1. The molecular weight excluding hydrogens is 442 g/mol. The summed E-state index contributed by atoms with van der Waals surface area (Å²) in [6.45, 7) is 3.07. The third-order valence-corrected chi connectivity index (χ3v) is 7.40. The fourth-order valence-electron chi connectivity index (χ4n) is 4.26. The number of aromatic nitrogens is 2. The Balaban J connectivity index is 1.63. The van der Waals surface area contributed by atoms with E-state index in [2.05, 4.69) is 26.7 Å². The number of nitrogens with zero attached hydrogens (tertiary/aromatic N) is 4. The summed E-state index contributed by atoms with van der Waals surface area (Å²) >= 11 is 0. The van der Waals surface area contributed by atoms with Gasteiger partial charge in [0.2, 0.25) is 0 Å². The van der Waals surface area contributed by atoms with E-state index in [1.807, 2.05) is 37.4 Å². The molecule has 1 atom stereocenters. The van der Waals surface area contributed by atoms with Gasteiger partial charge in [0.1, 0.15) is 17.1 Å². The van der Waals surface area contributed by atoms with Gasteiger partial charge < -0.3 is 9.64 Å². The molecule has 1 amide bonds. The molecule has 10 heteroatoms. The number of rotatable bonds is 8. The lowest BCUT2D eigenvalue weighted by Gasteiger charge is -2.27. The highest BCUT2D eigenvalue weighted by atomic mass is 32.2. The fourth-order valence-corrected chi connectivity index (χ4v) is 5.18. The van der Waals surface area contributed by atoms with Crippen molar-refractivity contribution in [2.75, 3.05) is 32.1 Å². The van der Waals surface area contributed by atoms with Crippen LogP contribution < -0.4 is 14.4 Å². The van der Waals surface area contributed by atoms with Crippen molar-refractivity contribution < 1.29 is 17.9 Å². The molecule has 1 fully saturated rings. The Morgan fingerprint density at radius 3 is 2.88 bits per heavy atom. The van der Waals surface area contributed by atoms with E-state index >= 15 is 0 Å². The first-order chi connectivity index (χ1) is 15.8. The zero-order valence-corrected chi connectivity index (χ0v) is 19.9. The van der Waals surface area contributed by atoms with Crippen LogP contribution in [0.15, 0.2) is 48.8 Å². The molecule has 0 bridgehead atoms. The molecule has 0 radical (unpaired) electrons. The van der Waals surface area contributed by atoms with Crippen LogP contribution in [0.1, 0.15) is 48.3 Å². The number of carbonyl (C=O) groups excluding carboxylic acids is 1. The van der Waals surface area contributed by atoms with E-state index in [1.165, 1.54) is 18.8 Å². The van der Waals surface area contributed by atoms with Gasteiger partial charge in [-0.1, -0.05) is 19.1 Å². The van der Waals surface area contributed by atoms with Crippen LogP contribution in [0, 0.1) is 0 Å². The highest BCUT2D eigenvalue weighted by Gasteiger charge is 2.28. The molecule has 0 spiro atoms. The van der Waals surface area contributed by atoms with Crippen molar-refractivity contribution in [3.8, 4) is 5.75 Å². The highest BCUT2D eigenvalue weighted by Crippen LogP contribution is 2.37. The van der Waals surface area contributed by atoms with Crippen molar-refractivity contribution in [1.82, 2.24) is 18.4 Å². The van der Waals surface area contributed by atoms with Gasteiger partial charge in [0.15, 0.2) is 0 Å². The van der Waals surface area contributed by atoms with Crippen molar-refractivity contribution in [1.29, 1.82) is 0 Å². The molecule has 1 saturated heterocycles. The summed E-state index contributed by atoms with van der Waals surface area (Å²) in [5.41, 5.74) is 2.84. The number of nitrogens with one attached hydrogen (secondary N) is 1. The van der Waals surface area contributed by atoms with Gasteiger partial charge >= 0.3 is 10.2 Å². The topological polar surface area (TPSA) is 96.2 Å². The summed E-state index contributed by atoms with van der Waals surface area (Å²) < 4.78 is 35.2. The molecule has 2 aromatic heterocycles. The van der Waals surface area contributed by atoms with Gasteiger partial charge in [0.25, 0.3) is 5.91 Å². The molecule has 33 heavy (non-hydrogen) atoms. The minimum Gasteiger partial charge on any atom is -0.497 e. The van der Waals surface area contributed by atoms with Crippen LogP contribution in [0.25, 0.3) is 5.65 Å². The molecule has 0 aliphatic carbocycles. The highest BCUT2D eigenvalue weighted by molar-refractivity contribution is 7.87. The fraction of sp³-hybridized carbons (Fsp3) is 0.391. The Hall–Kier alpha value is -3.11. The Labute approximate surface area is 194 Å². The zero-order chi connectivity index (χ0) is 23.6. The average molecular weight is 472 g/mol. The summed E-state index contributed by atoms with van der Waals surface area (Å²) in [4.78, 5) is 19.4. The number of pyridine rings is 1. The van der Waals surface area contributed by atoms with Gasteiger partial charge in [-0.05, 0) is 49.1 Å².